The molecule has 2 aliphatic heterocycles. The van der Waals surface area contributed by atoms with E-state index < -0.39 is 17.6 Å². The van der Waals surface area contributed by atoms with Gasteiger partial charge in [-0.15, -0.1) is 0 Å². The molecule has 1 saturated heterocycles. The van der Waals surface area contributed by atoms with Gasteiger partial charge in [0, 0.05) is 49.7 Å². The third-order valence-corrected chi connectivity index (χ3v) is 7.03. The average molecular weight is 506 g/mol. The van der Waals surface area contributed by atoms with Crippen molar-refractivity contribution in [1.82, 2.24) is 15.1 Å². The number of hydrogen-bond donors (Lipinski definition) is 3. The first-order valence-electron chi connectivity index (χ1n) is 11.1. The Kier molecular flexibility index (Phi) is 7.39. The number of benzene rings is 2. The SMILES string of the molecule is CN1CCN(CCNC(=O)c2ccc3c(c2)S/C(=C(/C(N)=O)c2cccc(C(F)(F)F)c2)N3)CC1. The van der Waals surface area contributed by atoms with Crippen LogP contribution in [0.2, 0.25) is 0 Å². The molecule has 0 unspecified atom stereocenters. The summed E-state index contributed by atoms with van der Waals surface area (Å²) in [7, 11) is 2.09. The molecule has 4 rings (SSSR count). The van der Waals surface area contributed by atoms with Crippen molar-refractivity contribution in [2.75, 3.05) is 51.6 Å². The van der Waals surface area contributed by atoms with E-state index in [-0.39, 0.29) is 17.0 Å². The summed E-state index contributed by atoms with van der Waals surface area (Å²) in [5.41, 5.74) is 5.79. The summed E-state index contributed by atoms with van der Waals surface area (Å²) >= 11 is 1.15. The summed E-state index contributed by atoms with van der Waals surface area (Å²) in [6.07, 6.45) is -4.55. The van der Waals surface area contributed by atoms with Crippen molar-refractivity contribution in [2.45, 2.75) is 11.1 Å². The molecule has 0 bridgehead atoms. The van der Waals surface area contributed by atoms with Gasteiger partial charge in [0.1, 0.15) is 0 Å². The molecule has 0 aliphatic carbocycles. The van der Waals surface area contributed by atoms with Gasteiger partial charge in [0.2, 0.25) is 0 Å². The maximum atomic E-state index is 13.2. The average Bonchev–Trinajstić information content (AvgIpc) is 3.22. The zero-order valence-electron chi connectivity index (χ0n) is 19.1. The second-order valence-corrected chi connectivity index (χ2v) is 9.54. The number of amides is 2. The molecule has 2 aromatic rings. The zero-order chi connectivity index (χ0) is 25.2. The number of nitrogens with two attached hydrogens (primary N) is 1. The lowest BCUT2D eigenvalue weighted by molar-refractivity contribution is -0.137. The van der Waals surface area contributed by atoms with E-state index in [9.17, 15) is 22.8 Å². The number of carbonyl (C=O) groups is 2. The second kappa shape index (κ2) is 10.3. The first-order valence-corrected chi connectivity index (χ1v) is 11.9. The highest BCUT2D eigenvalue weighted by atomic mass is 32.2. The van der Waals surface area contributed by atoms with Crippen LogP contribution in [0.4, 0.5) is 18.9 Å². The Balaban J connectivity index is 1.46. The van der Waals surface area contributed by atoms with Crippen LogP contribution in [0, 0.1) is 0 Å². The number of nitrogens with one attached hydrogen (secondary N) is 2. The number of fused-ring (bicyclic) bond motifs is 1. The topological polar surface area (TPSA) is 90.7 Å². The Labute approximate surface area is 205 Å². The van der Waals surface area contributed by atoms with Gasteiger partial charge < -0.3 is 21.3 Å². The fourth-order valence-corrected chi connectivity index (χ4v) is 5.08. The molecule has 7 nitrogen and oxygen atoms in total. The lowest BCUT2D eigenvalue weighted by Crippen LogP contribution is -2.46. The van der Waals surface area contributed by atoms with Crippen molar-refractivity contribution in [3.8, 4) is 0 Å². The number of rotatable bonds is 6. The van der Waals surface area contributed by atoms with Gasteiger partial charge in [0.25, 0.3) is 11.8 Å². The minimum absolute atomic E-state index is 0.0459. The normalized spacial score (nSPS) is 18.1. The molecule has 1 fully saturated rings. The van der Waals surface area contributed by atoms with Crippen molar-refractivity contribution in [3.05, 3.63) is 64.2 Å². The van der Waals surface area contributed by atoms with Crippen molar-refractivity contribution in [2.24, 2.45) is 5.73 Å². The van der Waals surface area contributed by atoms with Gasteiger partial charge in [-0.3, -0.25) is 14.5 Å². The van der Waals surface area contributed by atoms with Gasteiger partial charge in [-0.1, -0.05) is 23.9 Å². The van der Waals surface area contributed by atoms with Crippen LogP contribution in [0.5, 0.6) is 0 Å². The molecule has 0 radical (unpaired) electrons. The van der Waals surface area contributed by atoms with E-state index in [2.05, 4.69) is 27.5 Å². The maximum absolute atomic E-state index is 13.2. The van der Waals surface area contributed by atoms with E-state index in [1.165, 1.54) is 12.1 Å². The van der Waals surface area contributed by atoms with Crippen LogP contribution in [0.1, 0.15) is 21.5 Å². The summed E-state index contributed by atoms with van der Waals surface area (Å²) in [6, 6.07) is 9.54. The summed E-state index contributed by atoms with van der Waals surface area (Å²) < 4.78 is 39.5. The van der Waals surface area contributed by atoms with Gasteiger partial charge in [-0.25, -0.2) is 0 Å². The van der Waals surface area contributed by atoms with Crippen molar-refractivity contribution in [3.63, 3.8) is 0 Å². The summed E-state index contributed by atoms with van der Waals surface area (Å²) in [4.78, 5) is 30.1. The van der Waals surface area contributed by atoms with E-state index in [4.69, 9.17) is 5.73 Å². The van der Waals surface area contributed by atoms with Crippen LogP contribution in [0.15, 0.2) is 52.4 Å². The van der Waals surface area contributed by atoms with Gasteiger partial charge in [-0.2, -0.15) is 13.2 Å². The van der Waals surface area contributed by atoms with Crippen LogP contribution >= 0.6 is 11.8 Å². The standard InChI is InChI=1S/C24H26F3N5O2S/c1-31-9-11-32(12-10-31)8-7-29-22(34)16-5-6-18-19(14-16)35-23(30-18)20(21(28)33)15-3-2-4-17(13-15)24(25,26)27/h2-6,13-14,30H,7-12H2,1H3,(H2,28,33)(H,29,34)/b23-20+. The second-order valence-electron chi connectivity index (χ2n) is 8.49. The Hall–Kier alpha value is -3.02. The van der Waals surface area contributed by atoms with Crippen LogP contribution in [-0.2, 0) is 11.0 Å². The molecular formula is C24H26F3N5O2S. The van der Waals surface area contributed by atoms with Crippen molar-refractivity contribution < 1.29 is 22.8 Å². The molecule has 35 heavy (non-hydrogen) atoms. The highest BCUT2D eigenvalue weighted by molar-refractivity contribution is 8.04. The minimum Gasteiger partial charge on any atom is -0.365 e. The first kappa shape index (κ1) is 25.1. The van der Waals surface area contributed by atoms with Gasteiger partial charge >= 0.3 is 6.18 Å². The molecule has 11 heteroatoms. The fraction of sp³-hybridized carbons (Fsp3) is 0.333. The Bertz CT molecular complexity index is 1160. The molecule has 2 amide bonds. The third-order valence-electron chi connectivity index (χ3n) is 5.97. The molecule has 2 aromatic carbocycles. The van der Waals surface area contributed by atoms with Crippen molar-refractivity contribution in [1.29, 1.82) is 0 Å². The summed E-state index contributed by atoms with van der Waals surface area (Å²) in [5.74, 6) is -1.07. The molecular weight excluding hydrogens is 479 g/mol. The quantitative estimate of drug-likeness (QED) is 0.523. The molecule has 0 saturated carbocycles. The van der Waals surface area contributed by atoms with Crippen molar-refractivity contribution >= 4 is 34.8 Å². The number of halogens is 3. The Morgan fingerprint density at radius 1 is 1.09 bits per heavy atom. The molecule has 0 spiro atoms. The number of likely N-dealkylation sites (N-methyl/N-ethyl adjacent to an activating group) is 1. The van der Waals surface area contributed by atoms with Gasteiger partial charge in [0.15, 0.2) is 0 Å². The third kappa shape index (κ3) is 5.98. The highest BCUT2D eigenvalue weighted by Gasteiger charge is 2.32. The lowest BCUT2D eigenvalue weighted by Gasteiger charge is -2.32. The predicted octanol–water partition coefficient (Wildman–Crippen LogP) is 3.05. The minimum atomic E-state index is -4.55. The highest BCUT2D eigenvalue weighted by Crippen LogP contribution is 2.44. The monoisotopic (exact) mass is 505 g/mol. The molecule has 0 atom stereocenters. The number of thioether (sulfide) groups is 1. The first-order chi connectivity index (χ1) is 16.6. The molecule has 186 valence electrons. The van der Waals surface area contributed by atoms with Crippen LogP contribution in [-0.4, -0.2) is 67.9 Å². The lowest BCUT2D eigenvalue weighted by atomic mass is 10.0. The summed E-state index contributed by atoms with van der Waals surface area (Å²) in [5, 5.41) is 6.30. The molecule has 4 N–H and O–H groups in total. The molecule has 2 aliphatic rings. The fourth-order valence-electron chi connectivity index (χ4n) is 3.96. The number of alkyl halides is 3. The number of primary amides is 1. The summed E-state index contributed by atoms with van der Waals surface area (Å²) in [6.45, 7) is 5.25. The number of carbonyl (C=O) groups excluding carboxylic acids is 2. The number of nitrogens with zero attached hydrogens (tertiary/aromatic N) is 2. The number of piperazine rings is 1. The van der Waals surface area contributed by atoms with Gasteiger partial charge in [-0.05, 0) is 42.9 Å². The Morgan fingerprint density at radius 2 is 1.83 bits per heavy atom. The predicted molar refractivity (Wildman–Crippen MR) is 130 cm³/mol. The van der Waals surface area contributed by atoms with E-state index in [1.54, 1.807) is 18.2 Å². The molecule has 0 aromatic heterocycles. The van der Waals surface area contributed by atoms with E-state index in [0.29, 0.717) is 27.7 Å². The Morgan fingerprint density at radius 3 is 2.51 bits per heavy atom. The van der Waals surface area contributed by atoms with E-state index >= 15 is 0 Å². The van der Waals surface area contributed by atoms with Gasteiger partial charge in [0.05, 0.1) is 21.9 Å². The zero-order valence-corrected chi connectivity index (χ0v) is 19.9. The largest absolute Gasteiger partial charge is 0.416 e. The van der Waals surface area contributed by atoms with E-state index in [1.807, 2.05) is 0 Å². The molecule has 2 heterocycles. The van der Waals surface area contributed by atoms with Crippen LogP contribution in [0.25, 0.3) is 5.57 Å². The number of hydrogen-bond acceptors (Lipinski definition) is 6. The van der Waals surface area contributed by atoms with E-state index in [0.717, 1.165) is 56.6 Å². The maximum Gasteiger partial charge on any atom is 0.416 e. The van der Waals surface area contributed by atoms with Crippen LogP contribution in [0.3, 0.4) is 0 Å². The van der Waals surface area contributed by atoms with Crippen LogP contribution < -0.4 is 16.4 Å². The smallest absolute Gasteiger partial charge is 0.365 e. The number of anilines is 1.